The van der Waals surface area contributed by atoms with Crippen molar-refractivity contribution in [2.75, 3.05) is 0 Å². The highest BCUT2D eigenvalue weighted by Gasteiger charge is 2.31. The summed E-state index contributed by atoms with van der Waals surface area (Å²) < 4.78 is 7.39. The van der Waals surface area contributed by atoms with E-state index in [0.717, 1.165) is 22.2 Å². The molecule has 0 fully saturated rings. The summed E-state index contributed by atoms with van der Waals surface area (Å²) in [5, 5.41) is 11.4. The molecule has 0 unspecified atom stereocenters. The highest BCUT2D eigenvalue weighted by atomic mass is 32.2. The Kier molecular flexibility index (Phi) is 4.81. The van der Waals surface area contributed by atoms with Crippen LogP contribution in [0.3, 0.4) is 0 Å². The second-order valence-corrected chi connectivity index (χ2v) is 9.75. The van der Waals surface area contributed by atoms with E-state index in [2.05, 4.69) is 4.98 Å². The Hall–Kier alpha value is -2.16. The quantitative estimate of drug-likeness (QED) is 0.481. The zero-order valence-corrected chi connectivity index (χ0v) is 17.4. The fraction of sp³-hybridized carbons (Fsp3) is 0.350. The lowest BCUT2D eigenvalue weighted by Gasteiger charge is -2.30. The van der Waals surface area contributed by atoms with E-state index >= 15 is 0 Å². The zero-order chi connectivity index (χ0) is 20.1. The number of carbonyl (C=O) groups is 1. The SMILES string of the molecule is C[C@H](Sc1nc2sc3c(c2c(=O)n1-c1ccccc1)CC(C)(C)OC3)C(=O)[O-]. The van der Waals surface area contributed by atoms with E-state index in [-0.39, 0.29) is 11.2 Å². The number of hydrogen-bond acceptors (Lipinski definition) is 7. The van der Waals surface area contributed by atoms with Crippen LogP contribution in [-0.4, -0.2) is 26.4 Å². The minimum absolute atomic E-state index is 0.181. The fourth-order valence-electron chi connectivity index (χ4n) is 3.26. The maximum Gasteiger partial charge on any atom is 0.267 e. The number of aliphatic carboxylic acids is 1. The normalized spacial score (nSPS) is 16.7. The van der Waals surface area contributed by atoms with Gasteiger partial charge in [0.25, 0.3) is 5.56 Å². The Morgan fingerprint density at radius 2 is 2.07 bits per heavy atom. The molecular weight excluding hydrogens is 396 g/mol. The summed E-state index contributed by atoms with van der Waals surface area (Å²) in [5.74, 6) is -1.19. The van der Waals surface area contributed by atoms with Gasteiger partial charge in [-0.15, -0.1) is 11.3 Å². The summed E-state index contributed by atoms with van der Waals surface area (Å²) >= 11 is 2.46. The first-order valence-electron chi connectivity index (χ1n) is 8.91. The first-order valence-corrected chi connectivity index (χ1v) is 10.6. The number of carbonyl (C=O) groups excluding carboxylic acids is 1. The Morgan fingerprint density at radius 3 is 2.75 bits per heavy atom. The standard InChI is InChI=1S/C20H20N2O4S2/c1-11(18(24)25)27-19-21-16-15(13-9-20(2,3)26-10-14(13)28-16)17(23)22(19)12-7-5-4-6-8-12/h4-8,11H,9-10H2,1-3H3,(H,24,25)/p-1/t11-/m0/s1. The molecule has 1 aromatic carbocycles. The number of thiophene rings is 1. The van der Waals surface area contributed by atoms with Gasteiger partial charge in [0.15, 0.2) is 5.16 Å². The van der Waals surface area contributed by atoms with E-state index in [1.54, 1.807) is 0 Å². The molecule has 0 bridgehead atoms. The topological polar surface area (TPSA) is 84.2 Å². The third kappa shape index (κ3) is 3.36. The number of carboxylic acids is 1. The number of nitrogens with zero attached hydrogens (tertiary/aromatic N) is 2. The van der Waals surface area contributed by atoms with Crippen LogP contribution in [0.2, 0.25) is 0 Å². The smallest absolute Gasteiger partial charge is 0.267 e. The molecule has 1 atom stereocenters. The van der Waals surface area contributed by atoms with Gasteiger partial charge in [0, 0.05) is 16.5 Å². The van der Waals surface area contributed by atoms with Crippen molar-refractivity contribution in [3.8, 4) is 5.69 Å². The molecule has 1 aliphatic rings. The number of carboxylic acid groups (broad SMARTS) is 1. The van der Waals surface area contributed by atoms with E-state index in [0.29, 0.717) is 34.1 Å². The highest BCUT2D eigenvalue weighted by molar-refractivity contribution is 8.00. The van der Waals surface area contributed by atoms with E-state index in [1.807, 2.05) is 44.2 Å². The summed E-state index contributed by atoms with van der Waals surface area (Å²) in [4.78, 5) is 31.1. The summed E-state index contributed by atoms with van der Waals surface area (Å²) in [6.07, 6.45) is 0.635. The van der Waals surface area contributed by atoms with Crippen molar-refractivity contribution in [2.24, 2.45) is 0 Å². The first-order chi connectivity index (χ1) is 13.3. The average Bonchev–Trinajstić information content (AvgIpc) is 2.99. The third-order valence-electron chi connectivity index (χ3n) is 4.70. The molecule has 0 aliphatic carbocycles. The molecule has 0 saturated carbocycles. The Labute approximate surface area is 170 Å². The molecule has 6 nitrogen and oxygen atoms in total. The molecule has 146 valence electrons. The van der Waals surface area contributed by atoms with Gasteiger partial charge in [0.1, 0.15) is 4.83 Å². The van der Waals surface area contributed by atoms with Crippen molar-refractivity contribution in [3.63, 3.8) is 0 Å². The van der Waals surface area contributed by atoms with Crippen molar-refractivity contribution < 1.29 is 14.6 Å². The summed E-state index contributed by atoms with van der Waals surface area (Å²) in [7, 11) is 0. The third-order valence-corrected chi connectivity index (χ3v) is 6.83. The zero-order valence-electron chi connectivity index (χ0n) is 15.7. The molecule has 0 amide bonds. The van der Waals surface area contributed by atoms with Crippen molar-refractivity contribution >= 4 is 39.3 Å². The number of benzene rings is 1. The monoisotopic (exact) mass is 415 g/mol. The molecule has 4 rings (SSSR count). The predicted octanol–water partition coefficient (Wildman–Crippen LogP) is 2.53. The molecule has 3 heterocycles. The summed E-state index contributed by atoms with van der Waals surface area (Å²) in [5.41, 5.74) is 1.12. The highest BCUT2D eigenvalue weighted by Crippen LogP contribution is 2.38. The Balaban J connectivity index is 1.98. The summed E-state index contributed by atoms with van der Waals surface area (Å²) in [6.45, 7) is 6.00. The van der Waals surface area contributed by atoms with Crippen molar-refractivity contribution in [2.45, 2.75) is 49.8 Å². The van der Waals surface area contributed by atoms with E-state index in [9.17, 15) is 14.7 Å². The van der Waals surface area contributed by atoms with Gasteiger partial charge < -0.3 is 14.6 Å². The average molecular weight is 416 g/mol. The fourth-order valence-corrected chi connectivity index (χ4v) is 5.27. The number of ether oxygens (including phenoxy) is 1. The van der Waals surface area contributed by atoms with Crippen LogP contribution in [0, 0.1) is 0 Å². The maximum atomic E-state index is 13.6. The molecule has 8 heteroatoms. The van der Waals surface area contributed by atoms with E-state index in [1.165, 1.54) is 22.8 Å². The van der Waals surface area contributed by atoms with Crippen LogP contribution in [0.4, 0.5) is 0 Å². The second kappa shape index (κ2) is 7.02. The molecule has 3 aromatic rings. The summed E-state index contributed by atoms with van der Waals surface area (Å²) in [6, 6.07) is 9.16. The van der Waals surface area contributed by atoms with Crippen LogP contribution >= 0.6 is 23.1 Å². The van der Waals surface area contributed by atoms with E-state index < -0.39 is 11.2 Å². The van der Waals surface area contributed by atoms with Crippen LogP contribution in [0.5, 0.6) is 0 Å². The molecule has 0 N–H and O–H groups in total. The van der Waals surface area contributed by atoms with Gasteiger partial charge in [-0.25, -0.2) is 4.98 Å². The van der Waals surface area contributed by atoms with Crippen LogP contribution in [-0.2, 0) is 22.6 Å². The number of aromatic nitrogens is 2. The lowest BCUT2D eigenvalue weighted by atomic mass is 9.94. The lowest BCUT2D eigenvalue weighted by molar-refractivity contribution is -0.304. The van der Waals surface area contributed by atoms with Gasteiger partial charge in [-0.2, -0.15) is 0 Å². The van der Waals surface area contributed by atoms with Crippen LogP contribution in [0.15, 0.2) is 40.3 Å². The van der Waals surface area contributed by atoms with Gasteiger partial charge in [-0.05, 0) is 38.5 Å². The number of rotatable bonds is 4. The minimum atomic E-state index is -1.19. The number of fused-ring (bicyclic) bond motifs is 3. The molecule has 0 radical (unpaired) electrons. The second-order valence-electron chi connectivity index (χ2n) is 7.36. The van der Waals surface area contributed by atoms with Crippen molar-refractivity contribution in [1.82, 2.24) is 9.55 Å². The van der Waals surface area contributed by atoms with E-state index in [4.69, 9.17) is 4.74 Å². The molecule has 2 aromatic heterocycles. The first kappa shape index (κ1) is 19.2. The molecule has 28 heavy (non-hydrogen) atoms. The predicted molar refractivity (Wildman–Crippen MR) is 108 cm³/mol. The van der Waals surface area contributed by atoms with Crippen LogP contribution < -0.4 is 10.7 Å². The van der Waals surface area contributed by atoms with Crippen molar-refractivity contribution in [1.29, 1.82) is 0 Å². The molecule has 1 aliphatic heterocycles. The maximum absolute atomic E-state index is 13.6. The van der Waals surface area contributed by atoms with Gasteiger partial charge in [-0.3, -0.25) is 9.36 Å². The van der Waals surface area contributed by atoms with Gasteiger partial charge in [0.2, 0.25) is 0 Å². The van der Waals surface area contributed by atoms with Crippen LogP contribution in [0.1, 0.15) is 31.2 Å². The van der Waals surface area contributed by atoms with Gasteiger partial charge in [-0.1, -0.05) is 30.0 Å². The Morgan fingerprint density at radius 1 is 1.36 bits per heavy atom. The molecule has 0 saturated heterocycles. The number of thioether (sulfide) groups is 1. The number of hydrogen-bond donors (Lipinski definition) is 0. The lowest BCUT2D eigenvalue weighted by Crippen LogP contribution is -2.33. The minimum Gasteiger partial charge on any atom is -0.549 e. The largest absolute Gasteiger partial charge is 0.549 e. The molecular formula is C20H19N2O4S2-. The molecule has 0 spiro atoms. The van der Waals surface area contributed by atoms with Gasteiger partial charge >= 0.3 is 0 Å². The van der Waals surface area contributed by atoms with Crippen LogP contribution in [0.25, 0.3) is 15.9 Å². The Bertz CT molecular complexity index is 1120. The van der Waals surface area contributed by atoms with Crippen molar-refractivity contribution in [3.05, 3.63) is 51.1 Å². The van der Waals surface area contributed by atoms with Gasteiger partial charge in [0.05, 0.1) is 29.3 Å². The number of para-hydroxylation sites is 1.